The van der Waals surface area contributed by atoms with Crippen molar-refractivity contribution in [3.05, 3.63) is 0 Å². The van der Waals surface area contributed by atoms with Crippen LogP contribution in [0.3, 0.4) is 0 Å². The number of nitrogens with two attached hydrogens (primary N) is 3. The van der Waals surface area contributed by atoms with Gasteiger partial charge in [0.15, 0.2) is 12.0 Å². The molecular formula is C19H35N7O8S. The largest absolute Gasteiger partial charge is 0.481 e. The SMILES string of the molecule is CSCCC(NC(=O)C(N)CCCN=C(N)N)C(=O)NC(CC(=O)O)C(=O)NC(C(=O)O)C(C)O. The molecule has 0 radical (unpaired) electrons. The van der Waals surface area contributed by atoms with Crippen molar-refractivity contribution in [1.82, 2.24) is 16.0 Å². The highest BCUT2D eigenvalue weighted by Crippen LogP contribution is 2.05. The van der Waals surface area contributed by atoms with Gasteiger partial charge in [0, 0.05) is 6.54 Å². The van der Waals surface area contributed by atoms with Crippen molar-refractivity contribution in [3.8, 4) is 0 Å². The highest BCUT2D eigenvalue weighted by Gasteiger charge is 2.32. The summed E-state index contributed by atoms with van der Waals surface area (Å²) in [6, 6.07) is -5.51. The van der Waals surface area contributed by atoms with E-state index in [4.69, 9.17) is 27.4 Å². The number of rotatable bonds is 17. The number of aliphatic hydroxyl groups excluding tert-OH is 1. The van der Waals surface area contributed by atoms with E-state index in [1.54, 1.807) is 6.26 Å². The van der Waals surface area contributed by atoms with Gasteiger partial charge in [-0.15, -0.1) is 0 Å². The van der Waals surface area contributed by atoms with E-state index in [2.05, 4.69) is 15.6 Å². The van der Waals surface area contributed by atoms with E-state index in [0.29, 0.717) is 12.2 Å². The highest BCUT2D eigenvalue weighted by atomic mass is 32.2. The van der Waals surface area contributed by atoms with Gasteiger partial charge in [-0.2, -0.15) is 11.8 Å². The van der Waals surface area contributed by atoms with Crippen LogP contribution in [0.2, 0.25) is 0 Å². The first-order valence-electron chi connectivity index (χ1n) is 10.6. The number of aliphatic carboxylic acids is 2. The number of guanidine groups is 1. The van der Waals surface area contributed by atoms with Crippen LogP contribution < -0.4 is 33.2 Å². The van der Waals surface area contributed by atoms with Crippen LogP contribution in [0.4, 0.5) is 0 Å². The number of nitrogens with zero attached hydrogens (tertiary/aromatic N) is 1. The van der Waals surface area contributed by atoms with Gasteiger partial charge >= 0.3 is 11.9 Å². The predicted molar refractivity (Wildman–Crippen MR) is 128 cm³/mol. The van der Waals surface area contributed by atoms with Gasteiger partial charge in [0.25, 0.3) is 0 Å². The van der Waals surface area contributed by atoms with Crippen molar-refractivity contribution in [3.63, 3.8) is 0 Å². The van der Waals surface area contributed by atoms with Crippen LogP contribution in [-0.2, 0) is 24.0 Å². The van der Waals surface area contributed by atoms with Gasteiger partial charge in [-0.05, 0) is 38.2 Å². The molecule has 0 aliphatic heterocycles. The quantitative estimate of drug-likeness (QED) is 0.0512. The Labute approximate surface area is 206 Å². The lowest BCUT2D eigenvalue weighted by molar-refractivity contribution is -0.146. The van der Waals surface area contributed by atoms with Gasteiger partial charge in [0.1, 0.15) is 12.1 Å². The molecule has 0 aromatic heterocycles. The Morgan fingerprint density at radius 3 is 2.00 bits per heavy atom. The molecule has 0 fully saturated rings. The lowest BCUT2D eigenvalue weighted by Gasteiger charge is -2.25. The van der Waals surface area contributed by atoms with Crippen molar-refractivity contribution in [1.29, 1.82) is 0 Å². The van der Waals surface area contributed by atoms with E-state index in [1.807, 2.05) is 5.32 Å². The van der Waals surface area contributed by atoms with E-state index in [-0.39, 0.29) is 25.3 Å². The summed E-state index contributed by atoms with van der Waals surface area (Å²) in [5.74, 6) is -5.27. The topological polar surface area (TPSA) is 273 Å². The van der Waals surface area contributed by atoms with Crippen LogP contribution in [-0.4, -0.2) is 99.8 Å². The third-order valence-corrected chi connectivity index (χ3v) is 5.25. The normalized spacial score (nSPS) is 15.0. The zero-order chi connectivity index (χ0) is 27.1. The van der Waals surface area contributed by atoms with Gasteiger partial charge in [-0.25, -0.2) is 4.79 Å². The van der Waals surface area contributed by atoms with Gasteiger partial charge in [-0.1, -0.05) is 0 Å². The molecule has 0 bridgehead atoms. The number of carboxylic acids is 2. The molecule has 5 atom stereocenters. The highest BCUT2D eigenvalue weighted by molar-refractivity contribution is 7.98. The summed E-state index contributed by atoms with van der Waals surface area (Å²) in [6.07, 6.45) is 0.195. The van der Waals surface area contributed by atoms with Gasteiger partial charge in [0.2, 0.25) is 17.7 Å². The Balaban J connectivity index is 5.37. The summed E-state index contributed by atoms with van der Waals surface area (Å²) in [7, 11) is 0. The monoisotopic (exact) mass is 521 g/mol. The molecule has 35 heavy (non-hydrogen) atoms. The Morgan fingerprint density at radius 1 is 0.943 bits per heavy atom. The number of nitrogens with one attached hydrogen (secondary N) is 3. The third-order valence-electron chi connectivity index (χ3n) is 4.61. The molecule has 0 aliphatic rings. The summed E-state index contributed by atoms with van der Waals surface area (Å²) in [6.45, 7) is 1.38. The molecule has 0 aromatic rings. The standard InChI is InChI=1S/C19H35N7O8S/c1-9(27)14(18(33)34)26-17(32)12(8-13(28)29)25-16(31)11(5-7-35-2)24-15(30)10(20)4-3-6-23-19(21)22/h9-12,14,27H,3-8,20H2,1-2H3,(H,24,30)(H,25,31)(H,26,32)(H,28,29)(H,33,34)(H4,21,22,23). The summed E-state index contributed by atoms with van der Waals surface area (Å²) in [5, 5.41) is 34.5. The molecule has 0 saturated heterocycles. The Hall–Kier alpha value is -3.11. The van der Waals surface area contributed by atoms with E-state index in [9.17, 15) is 29.1 Å². The minimum absolute atomic E-state index is 0.0973. The van der Waals surface area contributed by atoms with Crippen LogP contribution in [0.15, 0.2) is 4.99 Å². The fourth-order valence-electron chi connectivity index (χ4n) is 2.73. The second kappa shape index (κ2) is 16.5. The van der Waals surface area contributed by atoms with E-state index < -0.39 is 66.4 Å². The smallest absolute Gasteiger partial charge is 0.328 e. The van der Waals surface area contributed by atoms with Crippen molar-refractivity contribution >= 4 is 47.4 Å². The number of aliphatic hydroxyl groups is 1. The van der Waals surface area contributed by atoms with Crippen molar-refractivity contribution in [2.24, 2.45) is 22.2 Å². The van der Waals surface area contributed by atoms with Crippen molar-refractivity contribution in [2.75, 3.05) is 18.6 Å². The molecule has 5 unspecified atom stereocenters. The first kappa shape index (κ1) is 31.9. The fraction of sp³-hybridized carbons (Fsp3) is 0.684. The molecule has 0 rings (SSSR count). The second-order valence-corrected chi connectivity index (χ2v) is 8.61. The molecular weight excluding hydrogens is 486 g/mol. The minimum atomic E-state index is -1.72. The van der Waals surface area contributed by atoms with Crippen LogP contribution in [0.5, 0.6) is 0 Å². The summed E-state index contributed by atoms with van der Waals surface area (Å²) in [4.78, 5) is 64.0. The molecule has 0 saturated carbocycles. The molecule has 0 spiro atoms. The molecule has 0 aliphatic carbocycles. The number of aliphatic imine (C=N–C) groups is 1. The maximum atomic E-state index is 12.8. The average molecular weight is 522 g/mol. The molecule has 16 heteroatoms. The maximum Gasteiger partial charge on any atom is 0.328 e. The lowest BCUT2D eigenvalue weighted by Crippen LogP contribution is -2.58. The summed E-state index contributed by atoms with van der Waals surface area (Å²) < 4.78 is 0. The van der Waals surface area contributed by atoms with Crippen LogP contribution in [0.1, 0.15) is 32.6 Å². The number of carboxylic acid groups (broad SMARTS) is 2. The predicted octanol–water partition coefficient (Wildman–Crippen LogP) is -3.49. The number of hydrogen-bond acceptors (Lipinski definition) is 9. The van der Waals surface area contributed by atoms with E-state index in [0.717, 1.165) is 6.92 Å². The van der Waals surface area contributed by atoms with E-state index in [1.165, 1.54) is 11.8 Å². The van der Waals surface area contributed by atoms with Crippen molar-refractivity contribution < 1.29 is 39.3 Å². The fourth-order valence-corrected chi connectivity index (χ4v) is 3.20. The molecule has 0 aromatic carbocycles. The number of thioether (sulfide) groups is 1. The third kappa shape index (κ3) is 13.4. The number of carbonyl (C=O) groups is 5. The van der Waals surface area contributed by atoms with E-state index >= 15 is 0 Å². The first-order chi connectivity index (χ1) is 16.3. The van der Waals surface area contributed by atoms with Gasteiger partial charge < -0.3 is 48.5 Å². The zero-order valence-electron chi connectivity index (χ0n) is 19.6. The van der Waals surface area contributed by atoms with Gasteiger partial charge in [0.05, 0.1) is 18.6 Å². The van der Waals surface area contributed by atoms with Crippen molar-refractivity contribution in [2.45, 2.75) is 62.9 Å². The Kier molecular flexibility index (Phi) is 15.0. The lowest BCUT2D eigenvalue weighted by atomic mass is 10.1. The summed E-state index contributed by atoms with van der Waals surface area (Å²) in [5.41, 5.74) is 16.3. The van der Waals surface area contributed by atoms with Crippen LogP contribution >= 0.6 is 11.8 Å². The summed E-state index contributed by atoms with van der Waals surface area (Å²) >= 11 is 1.39. The maximum absolute atomic E-state index is 12.8. The van der Waals surface area contributed by atoms with Crippen LogP contribution in [0.25, 0.3) is 0 Å². The number of carbonyl (C=O) groups excluding carboxylic acids is 3. The second-order valence-electron chi connectivity index (χ2n) is 7.62. The minimum Gasteiger partial charge on any atom is -0.481 e. The molecule has 0 heterocycles. The van der Waals surface area contributed by atoms with Crippen LogP contribution in [0, 0.1) is 0 Å². The van der Waals surface area contributed by atoms with Gasteiger partial charge in [-0.3, -0.25) is 24.2 Å². The Morgan fingerprint density at radius 2 is 1.51 bits per heavy atom. The Bertz CT molecular complexity index is 776. The average Bonchev–Trinajstić information content (AvgIpc) is 2.75. The first-order valence-corrected chi connectivity index (χ1v) is 12.0. The molecule has 3 amide bonds. The number of amides is 3. The zero-order valence-corrected chi connectivity index (χ0v) is 20.4. The number of hydrogen-bond donors (Lipinski definition) is 9. The molecule has 200 valence electrons. The molecule has 12 N–H and O–H groups in total. The molecule has 15 nitrogen and oxygen atoms in total.